The fourth-order valence-corrected chi connectivity index (χ4v) is 3.28. The van der Waals surface area contributed by atoms with Crippen LogP contribution in [-0.4, -0.2) is 22.3 Å². The number of nitrogens with one attached hydrogen (secondary N) is 1. The molecule has 112 valence electrons. The smallest absolute Gasteiger partial charge is 0.267 e. The van der Waals surface area contributed by atoms with Crippen LogP contribution in [0.4, 0.5) is 5.69 Å². The van der Waals surface area contributed by atoms with Gasteiger partial charge in [-0.25, -0.2) is 0 Å². The molecule has 2 aliphatic rings. The Morgan fingerprint density at radius 2 is 1.91 bits per heavy atom. The zero-order chi connectivity index (χ0) is 16.2. The van der Waals surface area contributed by atoms with Gasteiger partial charge < -0.3 is 5.32 Å². The largest absolute Gasteiger partial charge is 0.323 e. The van der Waals surface area contributed by atoms with E-state index < -0.39 is 17.5 Å². The van der Waals surface area contributed by atoms with E-state index in [0.717, 1.165) is 5.56 Å². The van der Waals surface area contributed by atoms with Crippen molar-refractivity contribution in [3.63, 3.8) is 0 Å². The summed E-state index contributed by atoms with van der Waals surface area (Å²) in [7, 11) is 0. The monoisotopic (exact) mass is 323 g/mol. The number of amides is 2. The standard InChI is InChI=1S/C17H10ClN3O2/c18-10-5-7-11(8-6-10)20-16(23)17(9-19)14-12-3-1-2-4-13(12)15(22)21(14)17/h1-8,14H,(H,20,23). The highest BCUT2D eigenvalue weighted by molar-refractivity contribution is 6.30. The molecule has 0 aromatic heterocycles. The predicted octanol–water partition coefficient (Wildman–Crippen LogP) is 2.75. The Bertz CT molecular complexity index is 887. The summed E-state index contributed by atoms with van der Waals surface area (Å²) < 4.78 is 0. The van der Waals surface area contributed by atoms with Crippen molar-refractivity contribution in [1.29, 1.82) is 5.26 Å². The van der Waals surface area contributed by atoms with Crippen LogP contribution in [0.3, 0.4) is 0 Å². The molecule has 5 nitrogen and oxygen atoms in total. The summed E-state index contributed by atoms with van der Waals surface area (Å²) in [5.74, 6) is -0.784. The lowest BCUT2D eigenvalue weighted by Crippen LogP contribution is -2.37. The lowest BCUT2D eigenvalue weighted by molar-refractivity contribution is -0.118. The van der Waals surface area contributed by atoms with Crippen molar-refractivity contribution in [3.05, 3.63) is 64.7 Å². The summed E-state index contributed by atoms with van der Waals surface area (Å²) in [4.78, 5) is 26.3. The maximum Gasteiger partial charge on any atom is 0.267 e. The highest BCUT2D eigenvalue weighted by atomic mass is 35.5. The third kappa shape index (κ3) is 1.73. The molecule has 1 saturated heterocycles. The average Bonchev–Trinajstić information content (AvgIpc) is 3.17. The van der Waals surface area contributed by atoms with Crippen molar-refractivity contribution < 1.29 is 9.59 Å². The molecule has 1 N–H and O–H groups in total. The van der Waals surface area contributed by atoms with Gasteiger partial charge in [0.1, 0.15) is 12.1 Å². The predicted molar refractivity (Wildman–Crippen MR) is 83.8 cm³/mol. The van der Waals surface area contributed by atoms with Gasteiger partial charge in [-0.1, -0.05) is 29.8 Å². The van der Waals surface area contributed by atoms with Crippen molar-refractivity contribution in [1.82, 2.24) is 4.90 Å². The van der Waals surface area contributed by atoms with Gasteiger partial charge in [-0.2, -0.15) is 5.26 Å². The Labute approximate surface area is 137 Å². The van der Waals surface area contributed by atoms with Gasteiger partial charge >= 0.3 is 0 Å². The molecule has 2 atom stereocenters. The van der Waals surface area contributed by atoms with Crippen LogP contribution < -0.4 is 5.32 Å². The number of carbonyl (C=O) groups excluding carboxylic acids is 2. The fraction of sp³-hybridized carbons (Fsp3) is 0.118. The number of hydrogen-bond acceptors (Lipinski definition) is 3. The highest BCUT2D eigenvalue weighted by Gasteiger charge is 2.75. The number of nitriles is 1. The van der Waals surface area contributed by atoms with E-state index in [9.17, 15) is 14.9 Å². The molecule has 0 spiro atoms. The average molecular weight is 324 g/mol. The van der Waals surface area contributed by atoms with Crippen molar-refractivity contribution in [2.45, 2.75) is 11.6 Å². The Hall–Kier alpha value is -2.84. The molecule has 2 aliphatic heterocycles. The highest BCUT2D eigenvalue weighted by Crippen LogP contribution is 2.59. The van der Waals surface area contributed by atoms with Crippen molar-refractivity contribution in [3.8, 4) is 6.07 Å². The SMILES string of the molecule is N#CC1(C(=O)Nc2ccc(Cl)cc2)C2c3ccccc3C(=O)N21. The Kier molecular flexibility index (Phi) is 2.75. The number of anilines is 1. The first-order chi connectivity index (χ1) is 11.1. The second-order valence-corrected chi connectivity index (χ2v) is 5.94. The van der Waals surface area contributed by atoms with Crippen LogP contribution in [0.15, 0.2) is 48.5 Å². The minimum atomic E-state index is -1.47. The molecular weight excluding hydrogens is 314 g/mol. The molecule has 6 heteroatoms. The van der Waals surface area contributed by atoms with E-state index in [4.69, 9.17) is 11.6 Å². The topological polar surface area (TPSA) is 73.0 Å². The van der Waals surface area contributed by atoms with Gasteiger partial charge in [0.15, 0.2) is 0 Å². The maximum absolute atomic E-state index is 12.6. The minimum absolute atomic E-state index is 0.279. The van der Waals surface area contributed by atoms with Crippen molar-refractivity contribution >= 4 is 29.1 Å². The maximum atomic E-state index is 12.6. The summed E-state index contributed by atoms with van der Waals surface area (Å²) in [5, 5.41) is 12.8. The first-order valence-electron chi connectivity index (χ1n) is 7.00. The van der Waals surface area contributed by atoms with Crippen LogP contribution in [0.5, 0.6) is 0 Å². The van der Waals surface area contributed by atoms with Gasteiger partial charge in [-0.05, 0) is 35.9 Å². The van der Waals surface area contributed by atoms with Gasteiger partial charge in [0.05, 0.1) is 0 Å². The molecule has 2 aromatic carbocycles. The van der Waals surface area contributed by atoms with Gasteiger partial charge in [0, 0.05) is 16.3 Å². The Balaban J connectivity index is 1.67. The van der Waals surface area contributed by atoms with E-state index in [0.29, 0.717) is 16.3 Å². The molecule has 0 aliphatic carbocycles. The molecular formula is C17H10ClN3O2. The van der Waals surface area contributed by atoms with Crippen LogP contribution in [0.1, 0.15) is 22.0 Å². The Morgan fingerprint density at radius 1 is 1.22 bits per heavy atom. The third-order valence-electron chi connectivity index (χ3n) is 4.29. The lowest BCUT2D eigenvalue weighted by Gasteiger charge is -2.13. The third-order valence-corrected chi connectivity index (χ3v) is 4.54. The summed E-state index contributed by atoms with van der Waals surface area (Å²) >= 11 is 5.81. The van der Waals surface area contributed by atoms with Crippen LogP contribution in [0.2, 0.25) is 5.02 Å². The number of nitrogens with zero attached hydrogens (tertiary/aromatic N) is 2. The number of halogens is 1. The number of benzene rings is 2. The summed E-state index contributed by atoms with van der Waals surface area (Å²) in [6, 6.07) is 15.2. The first-order valence-corrected chi connectivity index (χ1v) is 7.38. The quantitative estimate of drug-likeness (QED) is 0.864. The molecule has 0 bridgehead atoms. The van der Waals surface area contributed by atoms with Crippen LogP contribution in [0, 0.1) is 11.3 Å². The molecule has 2 aromatic rings. The van der Waals surface area contributed by atoms with Gasteiger partial charge in [0.2, 0.25) is 5.54 Å². The number of rotatable bonds is 2. The van der Waals surface area contributed by atoms with Crippen LogP contribution >= 0.6 is 11.6 Å². The molecule has 2 unspecified atom stereocenters. The molecule has 23 heavy (non-hydrogen) atoms. The van der Waals surface area contributed by atoms with E-state index >= 15 is 0 Å². The number of hydrogen-bond donors (Lipinski definition) is 1. The first kappa shape index (κ1) is 13.8. The molecule has 2 amide bonds. The molecule has 0 saturated carbocycles. The van der Waals surface area contributed by atoms with Crippen molar-refractivity contribution in [2.75, 3.05) is 5.32 Å². The lowest BCUT2D eigenvalue weighted by atomic mass is 9.95. The zero-order valence-electron chi connectivity index (χ0n) is 11.8. The van der Waals surface area contributed by atoms with E-state index in [1.807, 2.05) is 6.07 Å². The van der Waals surface area contributed by atoms with Gasteiger partial charge in [0.25, 0.3) is 11.8 Å². The minimum Gasteiger partial charge on any atom is -0.323 e. The fourth-order valence-electron chi connectivity index (χ4n) is 3.15. The van der Waals surface area contributed by atoms with E-state index in [1.165, 1.54) is 4.90 Å². The van der Waals surface area contributed by atoms with E-state index in [2.05, 4.69) is 5.32 Å². The summed E-state index contributed by atoms with van der Waals surface area (Å²) in [5.41, 5.74) is 0.347. The van der Waals surface area contributed by atoms with Gasteiger partial charge in [-0.15, -0.1) is 0 Å². The second-order valence-electron chi connectivity index (χ2n) is 5.50. The van der Waals surface area contributed by atoms with E-state index in [-0.39, 0.29) is 5.91 Å². The Morgan fingerprint density at radius 3 is 2.61 bits per heavy atom. The molecule has 0 radical (unpaired) electrons. The second kappa shape index (κ2) is 4.58. The van der Waals surface area contributed by atoms with Crippen LogP contribution in [-0.2, 0) is 4.79 Å². The summed E-state index contributed by atoms with van der Waals surface area (Å²) in [6.45, 7) is 0. The van der Waals surface area contributed by atoms with E-state index in [1.54, 1.807) is 48.5 Å². The number of carbonyl (C=O) groups is 2. The van der Waals surface area contributed by atoms with Gasteiger partial charge in [-0.3, -0.25) is 14.5 Å². The van der Waals surface area contributed by atoms with Crippen molar-refractivity contribution in [2.24, 2.45) is 0 Å². The zero-order valence-corrected chi connectivity index (χ0v) is 12.5. The summed E-state index contributed by atoms with van der Waals surface area (Å²) in [6.07, 6.45) is 0. The number of fused-ring (bicyclic) bond motifs is 3. The molecule has 1 fully saturated rings. The molecule has 2 heterocycles. The normalized spacial score (nSPS) is 23.7. The molecule has 4 rings (SSSR count). The van der Waals surface area contributed by atoms with Crippen LogP contribution in [0.25, 0.3) is 0 Å².